The number of halogens is 2. The van der Waals surface area contributed by atoms with Crippen molar-refractivity contribution < 1.29 is 4.79 Å². The third kappa shape index (κ3) is 2.87. The molecule has 1 aromatic rings. The summed E-state index contributed by atoms with van der Waals surface area (Å²) in [6.45, 7) is 1.65. The largest absolute Gasteiger partial charge is 0.334 e. The molecule has 1 aromatic carbocycles. The van der Waals surface area contributed by atoms with Crippen molar-refractivity contribution >= 4 is 33.4 Å². The van der Waals surface area contributed by atoms with Crippen LogP contribution in [0.2, 0.25) is 5.02 Å². The topological polar surface area (TPSA) is 32.3 Å². The van der Waals surface area contributed by atoms with Crippen LogP contribution in [0.5, 0.6) is 0 Å². The van der Waals surface area contributed by atoms with Gasteiger partial charge in [0, 0.05) is 23.6 Å². The first kappa shape index (κ1) is 13.8. The van der Waals surface area contributed by atoms with E-state index in [0.717, 1.165) is 30.4 Å². The Kier molecular flexibility index (Phi) is 4.65. The number of carbonyl (C=O) groups excluding carboxylic acids is 1. The van der Waals surface area contributed by atoms with Gasteiger partial charge in [-0.15, -0.1) is 0 Å². The fraction of sp³-hybridized carbons (Fsp3) is 0.462. The van der Waals surface area contributed by atoms with Crippen molar-refractivity contribution in [1.82, 2.24) is 10.2 Å². The zero-order valence-corrected chi connectivity index (χ0v) is 12.6. The summed E-state index contributed by atoms with van der Waals surface area (Å²) < 4.78 is 0.886. The molecule has 1 N–H and O–H groups in total. The van der Waals surface area contributed by atoms with Crippen molar-refractivity contribution in [2.24, 2.45) is 0 Å². The maximum Gasteiger partial charge on any atom is 0.255 e. The quantitative estimate of drug-likeness (QED) is 0.923. The van der Waals surface area contributed by atoms with Gasteiger partial charge >= 0.3 is 0 Å². The number of likely N-dealkylation sites (N-methyl/N-ethyl adjacent to an activating group) is 1. The Morgan fingerprint density at radius 3 is 3.06 bits per heavy atom. The minimum atomic E-state index is 0.0326. The van der Waals surface area contributed by atoms with Gasteiger partial charge in [-0.1, -0.05) is 27.5 Å². The Bertz CT molecular complexity index is 453. The lowest BCUT2D eigenvalue weighted by Crippen LogP contribution is -2.40. The van der Waals surface area contributed by atoms with E-state index < -0.39 is 0 Å². The average molecular weight is 332 g/mol. The molecule has 1 aliphatic heterocycles. The summed E-state index contributed by atoms with van der Waals surface area (Å²) in [5.41, 5.74) is 0.586. The van der Waals surface area contributed by atoms with E-state index in [1.54, 1.807) is 12.1 Å². The lowest BCUT2D eigenvalue weighted by atomic mass is 10.1. The zero-order valence-electron chi connectivity index (χ0n) is 10.2. The van der Waals surface area contributed by atoms with Gasteiger partial charge in [0.2, 0.25) is 0 Å². The molecule has 1 aliphatic rings. The third-order valence-corrected chi connectivity index (χ3v) is 4.05. The standard InChI is InChI=1S/C13H16BrClN2O/c1-16-8-10-3-2-6-17(10)13(18)11-5-4-9(14)7-12(11)15/h4-5,7,10,16H,2-3,6,8H2,1H3/t10-/m1/s1. The molecule has 5 heteroatoms. The highest BCUT2D eigenvalue weighted by Crippen LogP contribution is 2.26. The molecule has 0 aliphatic carbocycles. The zero-order chi connectivity index (χ0) is 13.1. The van der Waals surface area contributed by atoms with Crippen LogP contribution in [-0.4, -0.2) is 37.0 Å². The Morgan fingerprint density at radius 2 is 2.39 bits per heavy atom. The molecule has 1 heterocycles. The molecular weight excluding hydrogens is 316 g/mol. The van der Waals surface area contributed by atoms with Gasteiger partial charge in [0.1, 0.15) is 0 Å². The monoisotopic (exact) mass is 330 g/mol. The predicted molar refractivity (Wildman–Crippen MR) is 77.1 cm³/mol. The van der Waals surface area contributed by atoms with Crippen molar-refractivity contribution in [2.45, 2.75) is 18.9 Å². The van der Waals surface area contributed by atoms with E-state index in [9.17, 15) is 4.79 Å². The van der Waals surface area contributed by atoms with Gasteiger partial charge in [-0.05, 0) is 38.1 Å². The van der Waals surface area contributed by atoms with Gasteiger partial charge in [-0.2, -0.15) is 0 Å². The molecule has 1 amide bonds. The summed E-state index contributed by atoms with van der Waals surface area (Å²) in [5, 5.41) is 3.64. The highest BCUT2D eigenvalue weighted by atomic mass is 79.9. The molecule has 0 unspecified atom stereocenters. The maximum atomic E-state index is 12.5. The first-order chi connectivity index (χ1) is 8.63. The van der Waals surface area contributed by atoms with Crippen molar-refractivity contribution in [3.63, 3.8) is 0 Å². The molecule has 1 atom stereocenters. The first-order valence-electron chi connectivity index (χ1n) is 6.04. The van der Waals surface area contributed by atoms with Crippen molar-refractivity contribution in [1.29, 1.82) is 0 Å². The summed E-state index contributed by atoms with van der Waals surface area (Å²) in [6.07, 6.45) is 2.12. The van der Waals surface area contributed by atoms with Crippen LogP contribution in [0.15, 0.2) is 22.7 Å². The summed E-state index contributed by atoms with van der Waals surface area (Å²) in [7, 11) is 1.91. The highest BCUT2D eigenvalue weighted by Gasteiger charge is 2.29. The average Bonchev–Trinajstić information content (AvgIpc) is 2.77. The lowest BCUT2D eigenvalue weighted by Gasteiger charge is -2.25. The van der Waals surface area contributed by atoms with Crippen LogP contribution in [0, 0.1) is 0 Å². The molecule has 0 bridgehead atoms. The van der Waals surface area contributed by atoms with Crippen LogP contribution < -0.4 is 5.32 Å². The van der Waals surface area contributed by atoms with Crippen LogP contribution >= 0.6 is 27.5 Å². The van der Waals surface area contributed by atoms with Gasteiger partial charge in [-0.3, -0.25) is 4.79 Å². The third-order valence-electron chi connectivity index (χ3n) is 3.24. The molecule has 0 radical (unpaired) electrons. The van der Waals surface area contributed by atoms with Gasteiger partial charge in [0.25, 0.3) is 5.91 Å². The van der Waals surface area contributed by atoms with Gasteiger partial charge < -0.3 is 10.2 Å². The number of nitrogens with zero attached hydrogens (tertiary/aromatic N) is 1. The van der Waals surface area contributed by atoms with Crippen LogP contribution in [0.25, 0.3) is 0 Å². The SMILES string of the molecule is CNC[C@H]1CCCN1C(=O)c1ccc(Br)cc1Cl. The number of hydrogen-bond donors (Lipinski definition) is 1. The molecule has 0 spiro atoms. The Morgan fingerprint density at radius 1 is 1.61 bits per heavy atom. The van der Waals surface area contributed by atoms with E-state index in [-0.39, 0.29) is 11.9 Å². The number of carbonyl (C=O) groups is 1. The number of rotatable bonds is 3. The van der Waals surface area contributed by atoms with E-state index in [0.29, 0.717) is 10.6 Å². The van der Waals surface area contributed by atoms with E-state index in [1.807, 2.05) is 18.0 Å². The molecule has 1 saturated heterocycles. The summed E-state index contributed by atoms with van der Waals surface area (Å²) >= 11 is 9.48. The summed E-state index contributed by atoms with van der Waals surface area (Å²) in [6, 6.07) is 5.67. The van der Waals surface area contributed by atoms with E-state index >= 15 is 0 Å². The number of nitrogens with one attached hydrogen (secondary N) is 1. The Labute approximate surface area is 121 Å². The molecule has 18 heavy (non-hydrogen) atoms. The summed E-state index contributed by atoms with van der Waals surface area (Å²) in [5.74, 6) is 0.0326. The van der Waals surface area contributed by atoms with Crippen LogP contribution in [0.4, 0.5) is 0 Å². The number of amides is 1. The summed E-state index contributed by atoms with van der Waals surface area (Å²) in [4.78, 5) is 14.4. The van der Waals surface area contributed by atoms with Crippen LogP contribution in [0.3, 0.4) is 0 Å². The molecule has 0 saturated carbocycles. The second-order valence-corrected chi connectivity index (χ2v) is 5.80. The van der Waals surface area contributed by atoms with Crippen molar-refractivity contribution in [3.05, 3.63) is 33.3 Å². The Hall–Kier alpha value is -0.580. The molecule has 1 fully saturated rings. The van der Waals surface area contributed by atoms with E-state index in [4.69, 9.17) is 11.6 Å². The van der Waals surface area contributed by atoms with Gasteiger partial charge in [0.05, 0.1) is 10.6 Å². The molecule has 2 rings (SSSR count). The fourth-order valence-corrected chi connectivity index (χ4v) is 3.12. The maximum absolute atomic E-state index is 12.5. The molecule has 3 nitrogen and oxygen atoms in total. The van der Waals surface area contributed by atoms with Crippen molar-refractivity contribution in [3.8, 4) is 0 Å². The minimum absolute atomic E-state index is 0.0326. The van der Waals surface area contributed by atoms with Gasteiger partial charge in [0.15, 0.2) is 0 Å². The van der Waals surface area contributed by atoms with Crippen LogP contribution in [0.1, 0.15) is 23.2 Å². The smallest absolute Gasteiger partial charge is 0.255 e. The highest BCUT2D eigenvalue weighted by molar-refractivity contribution is 9.10. The normalized spacial score (nSPS) is 19.3. The van der Waals surface area contributed by atoms with E-state index in [1.165, 1.54) is 0 Å². The van der Waals surface area contributed by atoms with Gasteiger partial charge in [-0.25, -0.2) is 0 Å². The fourth-order valence-electron chi connectivity index (χ4n) is 2.37. The molecular formula is C13H16BrClN2O. The lowest BCUT2D eigenvalue weighted by molar-refractivity contribution is 0.0737. The molecule has 98 valence electrons. The second-order valence-electron chi connectivity index (χ2n) is 4.48. The number of hydrogen-bond acceptors (Lipinski definition) is 2. The second kappa shape index (κ2) is 6.04. The van der Waals surface area contributed by atoms with Crippen molar-refractivity contribution in [2.75, 3.05) is 20.1 Å². The first-order valence-corrected chi connectivity index (χ1v) is 7.21. The number of benzene rings is 1. The number of likely N-dealkylation sites (tertiary alicyclic amines) is 1. The van der Waals surface area contributed by atoms with E-state index in [2.05, 4.69) is 21.2 Å². The minimum Gasteiger partial charge on any atom is -0.334 e. The predicted octanol–water partition coefficient (Wildman–Crippen LogP) is 2.93. The molecule has 0 aromatic heterocycles. The van der Waals surface area contributed by atoms with Crippen LogP contribution in [-0.2, 0) is 0 Å². The Balaban J connectivity index is 2.20.